The molecule has 0 saturated carbocycles. The van der Waals surface area contributed by atoms with Gasteiger partial charge in [-0.3, -0.25) is 4.79 Å². The molecule has 0 bridgehead atoms. The lowest BCUT2D eigenvalue weighted by molar-refractivity contribution is -0.111. The van der Waals surface area contributed by atoms with Crippen LogP contribution in [0.5, 0.6) is 0 Å². The average molecular weight is 292 g/mol. The van der Waals surface area contributed by atoms with Crippen LogP contribution in [0.3, 0.4) is 0 Å². The van der Waals surface area contributed by atoms with Crippen molar-refractivity contribution < 1.29 is 9.21 Å². The number of nitrogens with one attached hydrogen (secondary N) is 1. The number of hydrogen-bond donors (Lipinski definition) is 1. The molecule has 1 heterocycles. The number of benzene rings is 2. The van der Waals surface area contributed by atoms with Crippen molar-refractivity contribution in [1.82, 2.24) is 4.98 Å². The Morgan fingerprint density at radius 3 is 2.55 bits per heavy atom. The fourth-order valence-electron chi connectivity index (χ4n) is 2.28. The predicted molar refractivity (Wildman–Crippen MR) is 87.6 cm³/mol. The largest absolute Gasteiger partial charge is 0.437 e. The number of aromatic nitrogens is 1. The highest BCUT2D eigenvalue weighted by atomic mass is 16.3. The Bertz CT molecular complexity index is 809. The van der Waals surface area contributed by atoms with Gasteiger partial charge in [0.15, 0.2) is 5.58 Å². The summed E-state index contributed by atoms with van der Waals surface area (Å²) in [5, 5.41) is 2.89. The standard InChI is InChI=1S/C18H16N2O2/c1-12-6-5-7-13(2)18(12)20-16(21)10-11-17-19-14-8-3-4-9-15(14)22-17/h3-11H,1-2H3,(H,20,21). The van der Waals surface area contributed by atoms with Crippen molar-refractivity contribution >= 4 is 28.8 Å². The Hall–Kier alpha value is -2.88. The maximum atomic E-state index is 12.0. The predicted octanol–water partition coefficient (Wildman–Crippen LogP) is 4.10. The second-order valence-corrected chi connectivity index (χ2v) is 5.11. The average Bonchev–Trinajstić information content (AvgIpc) is 2.92. The normalized spacial score (nSPS) is 11.2. The quantitative estimate of drug-likeness (QED) is 0.739. The first-order valence-electron chi connectivity index (χ1n) is 7.04. The summed E-state index contributed by atoms with van der Waals surface area (Å²) in [7, 11) is 0. The number of anilines is 1. The van der Waals surface area contributed by atoms with Gasteiger partial charge in [0.25, 0.3) is 0 Å². The van der Waals surface area contributed by atoms with E-state index in [1.807, 2.05) is 56.3 Å². The number of amides is 1. The molecule has 0 aliphatic rings. The highest BCUT2D eigenvalue weighted by Gasteiger charge is 2.06. The molecule has 0 aliphatic carbocycles. The van der Waals surface area contributed by atoms with Gasteiger partial charge in [-0.25, -0.2) is 4.98 Å². The van der Waals surface area contributed by atoms with Crippen molar-refractivity contribution in [3.8, 4) is 0 Å². The molecule has 0 fully saturated rings. The zero-order valence-electron chi connectivity index (χ0n) is 12.5. The molecule has 0 spiro atoms. The van der Waals surface area contributed by atoms with Gasteiger partial charge in [-0.05, 0) is 37.1 Å². The third-order valence-corrected chi connectivity index (χ3v) is 3.42. The van der Waals surface area contributed by atoms with Crippen molar-refractivity contribution in [2.24, 2.45) is 0 Å². The minimum absolute atomic E-state index is 0.209. The van der Waals surface area contributed by atoms with E-state index in [1.165, 1.54) is 6.08 Å². The van der Waals surface area contributed by atoms with Crippen LogP contribution in [-0.4, -0.2) is 10.9 Å². The number of carbonyl (C=O) groups excluding carboxylic acids is 1. The number of hydrogen-bond acceptors (Lipinski definition) is 3. The summed E-state index contributed by atoms with van der Waals surface area (Å²) < 4.78 is 5.54. The fraction of sp³-hybridized carbons (Fsp3) is 0.111. The van der Waals surface area contributed by atoms with E-state index in [0.29, 0.717) is 11.5 Å². The highest BCUT2D eigenvalue weighted by Crippen LogP contribution is 2.19. The number of fused-ring (bicyclic) bond motifs is 1. The summed E-state index contributed by atoms with van der Waals surface area (Å²) in [6, 6.07) is 13.4. The van der Waals surface area contributed by atoms with Crippen LogP contribution in [0.2, 0.25) is 0 Å². The zero-order valence-corrected chi connectivity index (χ0v) is 12.5. The number of para-hydroxylation sites is 3. The molecular weight excluding hydrogens is 276 g/mol. The summed E-state index contributed by atoms with van der Waals surface area (Å²) in [5.74, 6) is 0.206. The lowest BCUT2D eigenvalue weighted by Gasteiger charge is -2.09. The SMILES string of the molecule is Cc1cccc(C)c1NC(=O)C=Cc1nc2ccccc2o1. The number of aryl methyl sites for hydroxylation is 2. The van der Waals surface area contributed by atoms with Gasteiger partial charge in [-0.1, -0.05) is 30.3 Å². The second kappa shape index (κ2) is 5.85. The molecule has 1 N–H and O–H groups in total. The van der Waals surface area contributed by atoms with Gasteiger partial charge in [-0.2, -0.15) is 0 Å². The van der Waals surface area contributed by atoms with E-state index >= 15 is 0 Å². The number of nitrogens with zero attached hydrogens (tertiary/aromatic N) is 1. The van der Waals surface area contributed by atoms with Crippen molar-refractivity contribution in [1.29, 1.82) is 0 Å². The molecule has 110 valence electrons. The third-order valence-electron chi connectivity index (χ3n) is 3.42. The number of rotatable bonds is 3. The topological polar surface area (TPSA) is 55.1 Å². The summed E-state index contributed by atoms with van der Waals surface area (Å²) in [5.41, 5.74) is 4.39. The van der Waals surface area contributed by atoms with Gasteiger partial charge in [-0.15, -0.1) is 0 Å². The molecule has 3 aromatic rings. The fourth-order valence-corrected chi connectivity index (χ4v) is 2.28. The Morgan fingerprint density at radius 1 is 1.09 bits per heavy atom. The Balaban J connectivity index is 1.76. The van der Waals surface area contributed by atoms with Gasteiger partial charge in [0.2, 0.25) is 11.8 Å². The molecule has 3 rings (SSSR count). The van der Waals surface area contributed by atoms with Gasteiger partial charge < -0.3 is 9.73 Å². The minimum atomic E-state index is -0.209. The molecule has 4 nitrogen and oxygen atoms in total. The van der Waals surface area contributed by atoms with E-state index in [9.17, 15) is 4.79 Å². The molecule has 0 unspecified atom stereocenters. The Kier molecular flexibility index (Phi) is 3.74. The highest BCUT2D eigenvalue weighted by molar-refractivity contribution is 6.02. The van der Waals surface area contributed by atoms with Crippen molar-refractivity contribution in [3.05, 3.63) is 65.6 Å². The van der Waals surface area contributed by atoms with E-state index in [-0.39, 0.29) is 5.91 Å². The van der Waals surface area contributed by atoms with Crippen molar-refractivity contribution in [2.75, 3.05) is 5.32 Å². The second-order valence-electron chi connectivity index (χ2n) is 5.11. The van der Waals surface area contributed by atoms with Crippen LogP contribution >= 0.6 is 0 Å². The molecule has 1 amide bonds. The molecule has 2 aromatic carbocycles. The van der Waals surface area contributed by atoms with Crippen molar-refractivity contribution in [3.63, 3.8) is 0 Å². The minimum Gasteiger partial charge on any atom is -0.437 e. The first-order valence-corrected chi connectivity index (χ1v) is 7.04. The molecule has 0 atom stereocenters. The van der Waals surface area contributed by atoms with Crippen LogP contribution in [0.4, 0.5) is 5.69 Å². The first-order chi connectivity index (χ1) is 10.6. The third kappa shape index (κ3) is 2.91. The maximum absolute atomic E-state index is 12.0. The molecule has 4 heteroatoms. The van der Waals surface area contributed by atoms with Gasteiger partial charge in [0.1, 0.15) is 5.52 Å². The van der Waals surface area contributed by atoms with Crippen molar-refractivity contribution in [2.45, 2.75) is 13.8 Å². The van der Waals surface area contributed by atoms with Crippen LogP contribution in [-0.2, 0) is 4.79 Å². The van der Waals surface area contributed by atoms with Crippen LogP contribution in [0.25, 0.3) is 17.2 Å². The molecule has 0 aliphatic heterocycles. The Labute approximate surface area is 128 Å². The smallest absolute Gasteiger partial charge is 0.248 e. The van der Waals surface area contributed by atoms with Crippen LogP contribution in [0.1, 0.15) is 17.0 Å². The first kappa shape index (κ1) is 14.1. The zero-order chi connectivity index (χ0) is 15.5. The van der Waals surface area contributed by atoms with Crippen LogP contribution in [0, 0.1) is 13.8 Å². The van der Waals surface area contributed by atoms with Gasteiger partial charge in [0, 0.05) is 17.8 Å². The van der Waals surface area contributed by atoms with Gasteiger partial charge in [0.05, 0.1) is 0 Å². The lowest BCUT2D eigenvalue weighted by atomic mass is 10.1. The Morgan fingerprint density at radius 2 is 1.82 bits per heavy atom. The monoisotopic (exact) mass is 292 g/mol. The van der Waals surface area contributed by atoms with E-state index < -0.39 is 0 Å². The molecule has 22 heavy (non-hydrogen) atoms. The number of carbonyl (C=O) groups is 1. The van der Waals surface area contributed by atoms with Gasteiger partial charge >= 0.3 is 0 Å². The summed E-state index contributed by atoms with van der Waals surface area (Å²) in [6.07, 6.45) is 3.00. The summed E-state index contributed by atoms with van der Waals surface area (Å²) >= 11 is 0. The van der Waals surface area contributed by atoms with E-state index in [2.05, 4.69) is 10.3 Å². The molecule has 1 aromatic heterocycles. The van der Waals surface area contributed by atoms with E-state index in [0.717, 1.165) is 22.3 Å². The van der Waals surface area contributed by atoms with Crippen LogP contribution in [0.15, 0.2) is 53.0 Å². The van der Waals surface area contributed by atoms with E-state index in [4.69, 9.17) is 4.42 Å². The van der Waals surface area contributed by atoms with E-state index in [1.54, 1.807) is 6.08 Å². The summed E-state index contributed by atoms with van der Waals surface area (Å²) in [4.78, 5) is 16.3. The van der Waals surface area contributed by atoms with Crippen LogP contribution < -0.4 is 5.32 Å². The number of oxazole rings is 1. The molecular formula is C18H16N2O2. The molecule has 0 saturated heterocycles. The molecule has 0 radical (unpaired) electrons. The maximum Gasteiger partial charge on any atom is 0.248 e. The lowest BCUT2D eigenvalue weighted by Crippen LogP contribution is -2.10. The summed E-state index contributed by atoms with van der Waals surface area (Å²) in [6.45, 7) is 3.93.